The lowest BCUT2D eigenvalue weighted by atomic mass is 10.2. The first-order valence-electron chi connectivity index (χ1n) is 4.88. The lowest BCUT2D eigenvalue weighted by Crippen LogP contribution is -2.03. The molecular formula is C13H12O4. The molecule has 0 amide bonds. The van der Waals surface area contributed by atoms with Crippen LogP contribution in [0.4, 0.5) is 0 Å². The second-order valence-electron chi connectivity index (χ2n) is 3.08. The summed E-state index contributed by atoms with van der Waals surface area (Å²) in [7, 11) is 0. The Morgan fingerprint density at radius 2 is 1.65 bits per heavy atom. The molecule has 0 saturated carbocycles. The van der Waals surface area contributed by atoms with Gasteiger partial charge in [-0.2, -0.15) is 0 Å². The van der Waals surface area contributed by atoms with Crippen molar-refractivity contribution in [3.05, 3.63) is 55.1 Å². The maximum absolute atomic E-state index is 10.9. The maximum atomic E-state index is 10.9. The quantitative estimate of drug-likeness (QED) is 0.442. The van der Waals surface area contributed by atoms with Gasteiger partial charge < -0.3 is 9.47 Å². The molecule has 0 atom stereocenters. The minimum Gasteiger partial charge on any atom is -0.458 e. The van der Waals surface area contributed by atoms with E-state index in [1.165, 1.54) is 0 Å². The zero-order valence-corrected chi connectivity index (χ0v) is 9.22. The van der Waals surface area contributed by atoms with Crippen LogP contribution in [0.3, 0.4) is 0 Å². The smallest absolute Gasteiger partial charge is 0.335 e. The summed E-state index contributed by atoms with van der Waals surface area (Å²) < 4.78 is 9.72. The molecule has 1 aromatic rings. The van der Waals surface area contributed by atoms with E-state index in [2.05, 4.69) is 13.2 Å². The first-order chi connectivity index (χ1) is 8.15. The SMILES string of the molecule is C=CC(=O)OCc1ccc(OC(=O)C=C)cc1. The van der Waals surface area contributed by atoms with Crippen LogP contribution in [-0.2, 0) is 20.9 Å². The molecule has 0 fully saturated rings. The lowest BCUT2D eigenvalue weighted by Gasteiger charge is -2.04. The Hall–Kier alpha value is -2.36. The maximum Gasteiger partial charge on any atom is 0.335 e. The molecule has 4 nitrogen and oxygen atoms in total. The predicted octanol–water partition coefficient (Wildman–Crippen LogP) is 2.01. The average Bonchev–Trinajstić information content (AvgIpc) is 2.37. The topological polar surface area (TPSA) is 52.6 Å². The van der Waals surface area contributed by atoms with Gasteiger partial charge in [0.25, 0.3) is 0 Å². The van der Waals surface area contributed by atoms with E-state index in [1.807, 2.05) is 0 Å². The zero-order valence-electron chi connectivity index (χ0n) is 9.22. The Bertz CT molecular complexity index is 431. The van der Waals surface area contributed by atoms with Gasteiger partial charge in [-0.1, -0.05) is 25.3 Å². The fourth-order valence-electron chi connectivity index (χ4n) is 1.02. The van der Waals surface area contributed by atoms with Crippen molar-refractivity contribution in [3.63, 3.8) is 0 Å². The Balaban J connectivity index is 2.55. The highest BCUT2D eigenvalue weighted by molar-refractivity contribution is 5.83. The summed E-state index contributed by atoms with van der Waals surface area (Å²) in [6.45, 7) is 6.73. The van der Waals surface area contributed by atoms with E-state index in [0.717, 1.165) is 17.7 Å². The summed E-state index contributed by atoms with van der Waals surface area (Å²) in [6.07, 6.45) is 2.18. The Morgan fingerprint density at radius 3 is 2.18 bits per heavy atom. The number of rotatable bonds is 5. The van der Waals surface area contributed by atoms with Crippen LogP contribution in [-0.4, -0.2) is 11.9 Å². The normalized spacial score (nSPS) is 9.18. The number of carbonyl (C=O) groups excluding carboxylic acids is 2. The van der Waals surface area contributed by atoms with Crippen LogP contribution in [0.1, 0.15) is 5.56 Å². The fraction of sp³-hybridized carbons (Fsp3) is 0.0769. The van der Waals surface area contributed by atoms with E-state index in [4.69, 9.17) is 9.47 Å². The molecule has 0 radical (unpaired) electrons. The van der Waals surface area contributed by atoms with Crippen molar-refractivity contribution in [2.75, 3.05) is 0 Å². The summed E-state index contributed by atoms with van der Waals surface area (Å²) in [5, 5.41) is 0. The highest BCUT2D eigenvalue weighted by atomic mass is 16.5. The average molecular weight is 232 g/mol. The second kappa shape index (κ2) is 6.27. The molecule has 0 aliphatic rings. The minimum absolute atomic E-state index is 0.153. The van der Waals surface area contributed by atoms with Crippen molar-refractivity contribution in [1.29, 1.82) is 0 Å². The number of ether oxygens (including phenoxy) is 2. The van der Waals surface area contributed by atoms with Crippen LogP contribution in [0.25, 0.3) is 0 Å². The third-order valence-corrected chi connectivity index (χ3v) is 1.86. The van der Waals surface area contributed by atoms with Gasteiger partial charge in [0.2, 0.25) is 0 Å². The van der Waals surface area contributed by atoms with Crippen molar-refractivity contribution >= 4 is 11.9 Å². The standard InChI is InChI=1S/C13H12O4/c1-3-12(14)16-9-10-5-7-11(8-6-10)17-13(15)4-2/h3-8H,1-2,9H2. The van der Waals surface area contributed by atoms with Crippen molar-refractivity contribution in [2.45, 2.75) is 6.61 Å². The van der Waals surface area contributed by atoms with Gasteiger partial charge in [0.05, 0.1) is 0 Å². The van der Waals surface area contributed by atoms with Crippen LogP contribution in [0.5, 0.6) is 5.75 Å². The zero-order chi connectivity index (χ0) is 12.7. The highest BCUT2D eigenvalue weighted by Gasteiger charge is 2.01. The van der Waals surface area contributed by atoms with Crippen LogP contribution < -0.4 is 4.74 Å². The van der Waals surface area contributed by atoms with Gasteiger partial charge in [-0.05, 0) is 17.7 Å². The predicted molar refractivity (Wildman–Crippen MR) is 62.3 cm³/mol. The van der Waals surface area contributed by atoms with E-state index < -0.39 is 11.9 Å². The van der Waals surface area contributed by atoms with Crippen LogP contribution in [0, 0.1) is 0 Å². The molecule has 0 N–H and O–H groups in total. The van der Waals surface area contributed by atoms with Crippen LogP contribution in [0.15, 0.2) is 49.6 Å². The number of benzene rings is 1. The molecule has 4 heteroatoms. The van der Waals surface area contributed by atoms with Gasteiger partial charge >= 0.3 is 11.9 Å². The summed E-state index contributed by atoms with van der Waals surface area (Å²) in [5.41, 5.74) is 0.790. The summed E-state index contributed by atoms with van der Waals surface area (Å²) in [6, 6.07) is 6.61. The Kier molecular flexibility index (Phi) is 4.69. The second-order valence-corrected chi connectivity index (χ2v) is 3.08. The molecule has 0 bridgehead atoms. The number of hydrogen-bond donors (Lipinski definition) is 0. The highest BCUT2D eigenvalue weighted by Crippen LogP contribution is 2.13. The molecule has 1 rings (SSSR count). The number of esters is 2. The van der Waals surface area contributed by atoms with Crippen molar-refractivity contribution < 1.29 is 19.1 Å². The summed E-state index contributed by atoms with van der Waals surface area (Å²) in [4.78, 5) is 21.7. The molecule has 0 aliphatic heterocycles. The number of carbonyl (C=O) groups is 2. The summed E-state index contributed by atoms with van der Waals surface area (Å²) >= 11 is 0. The Labute approximate surface area is 99.2 Å². The van der Waals surface area contributed by atoms with Gasteiger partial charge in [0.1, 0.15) is 12.4 Å². The van der Waals surface area contributed by atoms with Gasteiger partial charge in [-0.3, -0.25) is 0 Å². The first-order valence-corrected chi connectivity index (χ1v) is 4.88. The number of hydrogen-bond acceptors (Lipinski definition) is 4. The van der Waals surface area contributed by atoms with Gasteiger partial charge in [0, 0.05) is 12.2 Å². The molecule has 0 heterocycles. The van der Waals surface area contributed by atoms with Crippen LogP contribution in [0.2, 0.25) is 0 Å². The van der Waals surface area contributed by atoms with Crippen molar-refractivity contribution in [2.24, 2.45) is 0 Å². The minimum atomic E-state index is -0.518. The first kappa shape index (κ1) is 12.7. The van der Waals surface area contributed by atoms with E-state index in [9.17, 15) is 9.59 Å². The third-order valence-electron chi connectivity index (χ3n) is 1.86. The molecule has 0 unspecified atom stereocenters. The van der Waals surface area contributed by atoms with Crippen molar-refractivity contribution in [1.82, 2.24) is 0 Å². The van der Waals surface area contributed by atoms with E-state index in [1.54, 1.807) is 24.3 Å². The lowest BCUT2D eigenvalue weighted by molar-refractivity contribution is -0.139. The molecule has 0 aliphatic carbocycles. The van der Waals surface area contributed by atoms with Gasteiger partial charge in [-0.25, -0.2) is 9.59 Å². The van der Waals surface area contributed by atoms with E-state index in [0.29, 0.717) is 5.75 Å². The molecular weight excluding hydrogens is 220 g/mol. The Morgan fingerprint density at radius 1 is 1.06 bits per heavy atom. The molecule has 0 saturated heterocycles. The largest absolute Gasteiger partial charge is 0.458 e. The van der Waals surface area contributed by atoms with E-state index >= 15 is 0 Å². The fourth-order valence-corrected chi connectivity index (χ4v) is 1.02. The monoisotopic (exact) mass is 232 g/mol. The van der Waals surface area contributed by atoms with Gasteiger partial charge in [0.15, 0.2) is 0 Å². The molecule has 17 heavy (non-hydrogen) atoms. The van der Waals surface area contributed by atoms with E-state index in [-0.39, 0.29) is 6.61 Å². The summed E-state index contributed by atoms with van der Waals surface area (Å²) in [5.74, 6) is -0.586. The third kappa shape index (κ3) is 4.34. The van der Waals surface area contributed by atoms with Crippen LogP contribution >= 0.6 is 0 Å². The molecule has 0 aromatic heterocycles. The van der Waals surface area contributed by atoms with Gasteiger partial charge in [-0.15, -0.1) is 0 Å². The molecule has 88 valence electrons. The van der Waals surface area contributed by atoms with Crippen molar-refractivity contribution in [3.8, 4) is 5.75 Å². The molecule has 1 aromatic carbocycles. The molecule has 0 spiro atoms.